The fourth-order valence-electron chi connectivity index (χ4n) is 3.07. The molecule has 8 nitrogen and oxygen atoms in total. The van der Waals surface area contributed by atoms with Gasteiger partial charge < -0.3 is 19.6 Å². The minimum Gasteiger partial charge on any atom is -0.360 e. The summed E-state index contributed by atoms with van der Waals surface area (Å²) in [5, 5.41) is 7.04. The molecule has 1 amide bonds. The zero-order valence-corrected chi connectivity index (χ0v) is 15.9. The van der Waals surface area contributed by atoms with Gasteiger partial charge in [-0.3, -0.25) is 4.79 Å². The average molecular weight is 378 g/mol. The number of aryl methyl sites for hydroxylation is 1. The second-order valence-electron chi connectivity index (χ2n) is 6.87. The van der Waals surface area contributed by atoms with Crippen molar-refractivity contribution in [2.75, 3.05) is 38.5 Å². The van der Waals surface area contributed by atoms with Crippen LogP contribution in [-0.4, -0.2) is 64.1 Å². The second-order valence-corrected chi connectivity index (χ2v) is 6.87. The molecule has 0 atom stereocenters. The molecule has 144 valence electrons. The molecule has 0 spiro atoms. The van der Waals surface area contributed by atoms with Gasteiger partial charge >= 0.3 is 0 Å². The SMILES string of the molecule is Cc1cc(Nc2cc(C(=O)N3CCN(C)CC3)nc(-c3ccccc3)n2)no1. The van der Waals surface area contributed by atoms with Crippen LogP contribution in [0.25, 0.3) is 11.4 Å². The van der Waals surface area contributed by atoms with E-state index in [9.17, 15) is 4.79 Å². The number of piperazine rings is 1. The smallest absolute Gasteiger partial charge is 0.272 e. The fraction of sp³-hybridized carbons (Fsp3) is 0.300. The number of aromatic nitrogens is 3. The number of hydrogen-bond donors (Lipinski definition) is 1. The highest BCUT2D eigenvalue weighted by molar-refractivity contribution is 5.93. The minimum atomic E-state index is -0.0907. The molecule has 0 aliphatic carbocycles. The second kappa shape index (κ2) is 7.77. The van der Waals surface area contributed by atoms with Gasteiger partial charge in [-0.05, 0) is 14.0 Å². The molecule has 0 bridgehead atoms. The normalized spacial score (nSPS) is 14.9. The first kappa shape index (κ1) is 18.1. The van der Waals surface area contributed by atoms with E-state index in [1.165, 1.54) is 0 Å². The lowest BCUT2D eigenvalue weighted by atomic mass is 10.2. The average Bonchev–Trinajstić information content (AvgIpc) is 3.13. The lowest BCUT2D eigenvalue weighted by Crippen LogP contribution is -2.47. The quantitative estimate of drug-likeness (QED) is 0.746. The number of nitrogens with zero attached hydrogens (tertiary/aromatic N) is 5. The summed E-state index contributed by atoms with van der Waals surface area (Å²) in [6.45, 7) is 4.89. The third-order valence-corrected chi connectivity index (χ3v) is 4.65. The molecule has 0 radical (unpaired) electrons. The van der Waals surface area contributed by atoms with Crippen LogP contribution in [0, 0.1) is 6.92 Å². The van der Waals surface area contributed by atoms with Crippen molar-refractivity contribution in [1.29, 1.82) is 0 Å². The van der Waals surface area contributed by atoms with E-state index in [2.05, 4.69) is 32.4 Å². The Kier molecular flexibility index (Phi) is 5.03. The molecule has 1 N–H and O–H groups in total. The Hall–Kier alpha value is -3.26. The molecule has 2 aromatic heterocycles. The Morgan fingerprint density at radius 3 is 2.46 bits per heavy atom. The Labute approximate surface area is 163 Å². The number of carbonyl (C=O) groups excluding carboxylic acids is 1. The van der Waals surface area contributed by atoms with Gasteiger partial charge in [0.2, 0.25) is 0 Å². The van der Waals surface area contributed by atoms with E-state index in [0.29, 0.717) is 42.0 Å². The predicted octanol–water partition coefficient (Wildman–Crippen LogP) is 2.57. The number of rotatable bonds is 4. The third kappa shape index (κ3) is 4.01. The molecule has 3 aromatic rings. The monoisotopic (exact) mass is 378 g/mol. The van der Waals surface area contributed by atoms with Gasteiger partial charge in [-0.2, -0.15) is 0 Å². The van der Waals surface area contributed by atoms with Crippen LogP contribution >= 0.6 is 0 Å². The summed E-state index contributed by atoms with van der Waals surface area (Å²) in [5.74, 6) is 2.12. The van der Waals surface area contributed by atoms with Crippen LogP contribution in [0.5, 0.6) is 0 Å². The van der Waals surface area contributed by atoms with Crippen molar-refractivity contribution in [3.05, 3.63) is 53.9 Å². The summed E-state index contributed by atoms with van der Waals surface area (Å²) in [6.07, 6.45) is 0. The summed E-state index contributed by atoms with van der Waals surface area (Å²) < 4.78 is 5.10. The van der Waals surface area contributed by atoms with E-state index in [0.717, 1.165) is 18.7 Å². The van der Waals surface area contributed by atoms with Crippen molar-refractivity contribution in [1.82, 2.24) is 24.9 Å². The van der Waals surface area contributed by atoms with Crippen molar-refractivity contribution in [2.24, 2.45) is 0 Å². The molecule has 1 aliphatic heterocycles. The number of amides is 1. The molecule has 28 heavy (non-hydrogen) atoms. The van der Waals surface area contributed by atoms with Crippen LogP contribution in [0.2, 0.25) is 0 Å². The standard InChI is InChI=1S/C20H22N6O2/c1-14-12-18(24-28-14)22-17-13-16(20(27)26-10-8-25(2)9-11-26)21-19(23-17)15-6-4-3-5-7-15/h3-7,12-13H,8-11H2,1-2H3,(H,21,22,23,24). The first-order chi connectivity index (χ1) is 13.6. The lowest BCUT2D eigenvalue weighted by Gasteiger charge is -2.32. The molecule has 3 heterocycles. The zero-order valence-electron chi connectivity index (χ0n) is 15.9. The molecule has 1 aliphatic rings. The van der Waals surface area contributed by atoms with E-state index in [-0.39, 0.29) is 5.91 Å². The van der Waals surface area contributed by atoms with Gasteiger partial charge in [-0.25, -0.2) is 9.97 Å². The number of carbonyl (C=O) groups is 1. The topological polar surface area (TPSA) is 87.4 Å². The third-order valence-electron chi connectivity index (χ3n) is 4.65. The van der Waals surface area contributed by atoms with E-state index >= 15 is 0 Å². The van der Waals surface area contributed by atoms with Gasteiger partial charge in [0.25, 0.3) is 5.91 Å². The predicted molar refractivity (Wildman–Crippen MR) is 105 cm³/mol. The first-order valence-corrected chi connectivity index (χ1v) is 9.21. The van der Waals surface area contributed by atoms with E-state index in [1.54, 1.807) is 12.1 Å². The number of likely N-dealkylation sites (N-methyl/N-ethyl adjacent to an activating group) is 1. The number of anilines is 2. The molecular formula is C20H22N6O2. The van der Waals surface area contributed by atoms with Crippen LogP contribution in [0.15, 0.2) is 47.0 Å². The Bertz CT molecular complexity index is 964. The molecular weight excluding hydrogens is 356 g/mol. The van der Waals surface area contributed by atoms with Gasteiger partial charge in [-0.15, -0.1) is 0 Å². The van der Waals surface area contributed by atoms with E-state index in [4.69, 9.17) is 4.52 Å². The van der Waals surface area contributed by atoms with Gasteiger partial charge in [0.15, 0.2) is 11.6 Å². The Balaban J connectivity index is 1.68. The lowest BCUT2D eigenvalue weighted by molar-refractivity contribution is 0.0658. The fourth-order valence-corrected chi connectivity index (χ4v) is 3.07. The van der Waals surface area contributed by atoms with Gasteiger partial charge in [-0.1, -0.05) is 35.5 Å². The molecule has 1 aromatic carbocycles. The summed E-state index contributed by atoms with van der Waals surface area (Å²) in [7, 11) is 2.06. The summed E-state index contributed by atoms with van der Waals surface area (Å²) >= 11 is 0. The van der Waals surface area contributed by atoms with Crippen LogP contribution in [0.4, 0.5) is 11.6 Å². The molecule has 8 heteroatoms. The number of benzene rings is 1. The largest absolute Gasteiger partial charge is 0.360 e. The maximum absolute atomic E-state index is 13.1. The first-order valence-electron chi connectivity index (χ1n) is 9.21. The van der Waals surface area contributed by atoms with Crippen LogP contribution in [0.3, 0.4) is 0 Å². The number of nitrogens with one attached hydrogen (secondary N) is 1. The van der Waals surface area contributed by atoms with Crippen LogP contribution in [0.1, 0.15) is 16.2 Å². The minimum absolute atomic E-state index is 0.0907. The molecule has 0 saturated carbocycles. The molecule has 0 unspecified atom stereocenters. The highest BCUT2D eigenvalue weighted by atomic mass is 16.5. The van der Waals surface area contributed by atoms with Crippen molar-refractivity contribution in [2.45, 2.75) is 6.92 Å². The zero-order chi connectivity index (χ0) is 19.5. The summed E-state index contributed by atoms with van der Waals surface area (Å²) in [4.78, 5) is 26.2. The van der Waals surface area contributed by atoms with E-state index < -0.39 is 0 Å². The molecule has 1 saturated heterocycles. The van der Waals surface area contributed by atoms with Crippen molar-refractivity contribution in [3.8, 4) is 11.4 Å². The highest BCUT2D eigenvalue weighted by Crippen LogP contribution is 2.21. The molecule has 4 rings (SSSR count). The van der Waals surface area contributed by atoms with Crippen molar-refractivity contribution < 1.29 is 9.32 Å². The van der Waals surface area contributed by atoms with Gasteiger partial charge in [0.05, 0.1) is 0 Å². The van der Waals surface area contributed by atoms with E-state index in [1.807, 2.05) is 42.2 Å². The van der Waals surface area contributed by atoms with Crippen LogP contribution < -0.4 is 5.32 Å². The van der Waals surface area contributed by atoms with Gasteiger partial charge in [0.1, 0.15) is 17.3 Å². The molecule has 1 fully saturated rings. The van der Waals surface area contributed by atoms with Crippen LogP contribution in [-0.2, 0) is 0 Å². The number of hydrogen-bond acceptors (Lipinski definition) is 7. The maximum Gasteiger partial charge on any atom is 0.272 e. The highest BCUT2D eigenvalue weighted by Gasteiger charge is 2.23. The van der Waals surface area contributed by atoms with Gasteiger partial charge in [0, 0.05) is 43.9 Å². The summed E-state index contributed by atoms with van der Waals surface area (Å²) in [6, 6.07) is 13.0. The Morgan fingerprint density at radius 1 is 1.04 bits per heavy atom. The summed E-state index contributed by atoms with van der Waals surface area (Å²) in [5.41, 5.74) is 1.20. The maximum atomic E-state index is 13.1. The van der Waals surface area contributed by atoms with Crippen molar-refractivity contribution in [3.63, 3.8) is 0 Å². The van der Waals surface area contributed by atoms with Crippen molar-refractivity contribution >= 4 is 17.5 Å². The Morgan fingerprint density at radius 2 is 1.79 bits per heavy atom.